The van der Waals surface area contributed by atoms with Gasteiger partial charge in [-0.2, -0.15) is 5.10 Å². The number of fused-ring (bicyclic) bond motifs is 1. The first-order chi connectivity index (χ1) is 8.66. The molecule has 0 saturated heterocycles. The molecule has 2 heterocycles. The minimum absolute atomic E-state index is 0.632. The van der Waals surface area contributed by atoms with Gasteiger partial charge in [0, 0.05) is 19.6 Å². The Bertz CT molecular complexity index is 556. The molecule has 0 bridgehead atoms. The summed E-state index contributed by atoms with van der Waals surface area (Å²) in [4.78, 5) is 11.2. The Hall–Kier alpha value is -1.65. The topological polar surface area (TPSA) is 46.8 Å². The molecule has 0 unspecified atom stereocenters. The first-order valence-electron chi connectivity index (χ1n) is 6.56. The van der Waals surface area contributed by atoms with Crippen LogP contribution in [0.2, 0.25) is 0 Å². The zero-order chi connectivity index (χ0) is 12.7. The number of aromatic nitrogens is 4. The lowest BCUT2D eigenvalue weighted by molar-refractivity contribution is 0.604. The Labute approximate surface area is 107 Å². The second kappa shape index (κ2) is 4.23. The molecular formula is C13H19N5. The second-order valence-electron chi connectivity index (χ2n) is 5.48. The van der Waals surface area contributed by atoms with Crippen LogP contribution in [0.4, 0.5) is 5.82 Å². The van der Waals surface area contributed by atoms with Gasteiger partial charge < -0.3 is 4.90 Å². The lowest BCUT2D eigenvalue weighted by atomic mass is 10.2. The molecule has 5 nitrogen and oxygen atoms in total. The Morgan fingerprint density at radius 2 is 2.17 bits per heavy atom. The summed E-state index contributed by atoms with van der Waals surface area (Å²) in [6, 6.07) is 0.658. The van der Waals surface area contributed by atoms with Gasteiger partial charge in [-0.15, -0.1) is 0 Å². The van der Waals surface area contributed by atoms with Gasteiger partial charge in [0.25, 0.3) is 0 Å². The Balaban J connectivity index is 2.05. The van der Waals surface area contributed by atoms with Crippen LogP contribution in [0.5, 0.6) is 0 Å². The van der Waals surface area contributed by atoms with Crippen molar-refractivity contribution in [2.45, 2.75) is 32.7 Å². The van der Waals surface area contributed by atoms with Crippen molar-refractivity contribution in [1.82, 2.24) is 19.7 Å². The highest BCUT2D eigenvalue weighted by atomic mass is 15.3. The van der Waals surface area contributed by atoms with Gasteiger partial charge in [-0.25, -0.2) is 9.97 Å². The molecule has 0 radical (unpaired) electrons. The molecule has 1 aliphatic carbocycles. The van der Waals surface area contributed by atoms with Crippen LogP contribution < -0.4 is 4.90 Å². The normalized spacial score (nSPS) is 15.6. The molecule has 1 aliphatic rings. The van der Waals surface area contributed by atoms with E-state index in [4.69, 9.17) is 0 Å². The van der Waals surface area contributed by atoms with Gasteiger partial charge in [0.2, 0.25) is 0 Å². The van der Waals surface area contributed by atoms with Crippen LogP contribution >= 0.6 is 0 Å². The summed E-state index contributed by atoms with van der Waals surface area (Å²) in [5.74, 6) is 1.68. The van der Waals surface area contributed by atoms with Crippen molar-refractivity contribution < 1.29 is 0 Å². The van der Waals surface area contributed by atoms with Crippen LogP contribution in [-0.4, -0.2) is 32.3 Å². The van der Waals surface area contributed by atoms with Gasteiger partial charge in [0.15, 0.2) is 5.65 Å². The highest BCUT2D eigenvalue weighted by molar-refractivity contribution is 5.86. The third-order valence-corrected chi connectivity index (χ3v) is 3.33. The molecule has 3 rings (SSSR count). The summed E-state index contributed by atoms with van der Waals surface area (Å²) in [6.07, 6.45) is 6.08. The van der Waals surface area contributed by atoms with Gasteiger partial charge in [-0.3, -0.25) is 4.68 Å². The van der Waals surface area contributed by atoms with Crippen molar-refractivity contribution in [2.75, 3.05) is 11.4 Å². The van der Waals surface area contributed by atoms with Crippen molar-refractivity contribution in [1.29, 1.82) is 0 Å². The minimum Gasteiger partial charge on any atom is -0.353 e. The van der Waals surface area contributed by atoms with E-state index in [0.29, 0.717) is 12.0 Å². The Morgan fingerprint density at radius 3 is 2.83 bits per heavy atom. The van der Waals surface area contributed by atoms with E-state index in [9.17, 15) is 0 Å². The quantitative estimate of drug-likeness (QED) is 0.826. The molecule has 18 heavy (non-hydrogen) atoms. The summed E-state index contributed by atoms with van der Waals surface area (Å²) in [5, 5.41) is 5.35. The van der Waals surface area contributed by atoms with Crippen LogP contribution in [0.25, 0.3) is 11.0 Å². The average molecular weight is 245 g/mol. The summed E-state index contributed by atoms with van der Waals surface area (Å²) >= 11 is 0. The van der Waals surface area contributed by atoms with Crippen LogP contribution in [0.1, 0.15) is 26.7 Å². The summed E-state index contributed by atoms with van der Waals surface area (Å²) < 4.78 is 1.81. The van der Waals surface area contributed by atoms with Crippen LogP contribution in [-0.2, 0) is 7.05 Å². The van der Waals surface area contributed by atoms with Crippen LogP contribution in [0, 0.1) is 5.92 Å². The number of nitrogens with zero attached hydrogens (tertiary/aromatic N) is 5. The third-order valence-electron chi connectivity index (χ3n) is 3.33. The molecule has 2 aromatic rings. The van der Waals surface area contributed by atoms with E-state index in [2.05, 4.69) is 33.8 Å². The van der Waals surface area contributed by atoms with E-state index in [0.717, 1.165) is 23.4 Å². The molecule has 96 valence electrons. The maximum Gasteiger partial charge on any atom is 0.163 e. The zero-order valence-corrected chi connectivity index (χ0v) is 11.2. The highest BCUT2D eigenvalue weighted by Gasteiger charge is 2.31. The summed E-state index contributed by atoms with van der Waals surface area (Å²) in [6.45, 7) is 5.54. The van der Waals surface area contributed by atoms with Crippen LogP contribution in [0.15, 0.2) is 12.5 Å². The first-order valence-corrected chi connectivity index (χ1v) is 6.56. The number of rotatable bonds is 4. The van der Waals surface area contributed by atoms with Gasteiger partial charge >= 0.3 is 0 Å². The molecule has 5 heteroatoms. The van der Waals surface area contributed by atoms with E-state index in [-0.39, 0.29) is 0 Å². The Kier molecular flexibility index (Phi) is 2.69. The monoisotopic (exact) mass is 245 g/mol. The molecule has 0 N–H and O–H groups in total. The van der Waals surface area contributed by atoms with Crippen molar-refractivity contribution in [3.8, 4) is 0 Å². The SMILES string of the molecule is CC(C)CN(c1ncnc2c1cnn2C)C1CC1. The summed E-state index contributed by atoms with van der Waals surface area (Å²) in [5.41, 5.74) is 0.911. The van der Waals surface area contributed by atoms with E-state index in [1.807, 2.05) is 13.2 Å². The molecule has 0 spiro atoms. The maximum absolute atomic E-state index is 4.50. The lowest BCUT2D eigenvalue weighted by Crippen LogP contribution is -2.30. The molecular weight excluding hydrogens is 226 g/mol. The number of anilines is 1. The fraction of sp³-hybridized carbons (Fsp3) is 0.615. The van der Waals surface area contributed by atoms with Crippen LogP contribution in [0.3, 0.4) is 0 Å². The molecule has 0 atom stereocenters. The standard InChI is InChI=1S/C13H19N5/c1-9(2)7-18(10-4-5-10)13-11-6-16-17(3)12(11)14-8-15-13/h6,8-10H,4-5,7H2,1-3H3. The van der Waals surface area contributed by atoms with Crippen molar-refractivity contribution in [3.63, 3.8) is 0 Å². The summed E-state index contributed by atoms with van der Waals surface area (Å²) in [7, 11) is 1.92. The first kappa shape index (κ1) is 11.4. The molecule has 2 aromatic heterocycles. The van der Waals surface area contributed by atoms with Gasteiger partial charge in [-0.05, 0) is 18.8 Å². The van der Waals surface area contributed by atoms with E-state index >= 15 is 0 Å². The predicted molar refractivity (Wildman–Crippen MR) is 71.5 cm³/mol. The fourth-order valence-electron chi connectivity index (χ4n) is 2.37. The second-order valence-corrected chi connectivity index (χ2v) is 5.48. The molecule has 1 saturated carbocycles. The Morgan fingerprint density at radius 1 is 1.39 bits per heavy atom. The predicted octanol–water partition coefficient (Wildman–Crippen LogP) is 1.99. The number of hydrogen-bond donors (Lipinski definition) is 0. The smallest absolute Gasteiger partial charge is 0.163 e. The van der Waals surface area contributed by atoms with Crippen molar-refractivity contribution >= 4 is 16.9 Å². The zero-order valence-electron chi connectivity index (χ0n) is 11.2. The van der Waals surface area contributed by atoms with Gasteiger partial charge in [-0.1, -0.05) is 13.8 Å². The largest absolute Gasteiger partial charge is 0.353 e. The maximum atomic E-state index is 4.50. The molecule has 0 aromatic carbocycles. The molecule has 0 amide bonds. The van der Waals surface area contributed by atoms with E-state index in [1.54, 1.807) is 11.0 Å². The highest BCUT2D eigenvalue weighted by Crippen LogP contribution is 2.34. The number of hydrogen-bond acceptors (Lipinski definition) is 4. The molecule has 0 aliphatic heterocycles. The third kappa shape index (κ3) is 1.94. The average Bonchev–Trinajstić information content (AvgIpc) is 3.11. The minimum atomic E-state index is 0.632. The van der Waals surface area contributed by atoms with Crippen molar-refractivity contribution in [3.05, 3.63) is 12.5 Å². The van der Waals surface area contributed by atoms with Gasteiger partial charge in [0.05, 0.1) is 11.6 Å². The molecule has 1 fully saturated rings. The number of aryl methyl sites for hydroxylation is 1. The van der Waals surface area contributed by atoms with E-state index in [1.165, 1.54) is 12.8 Å². The van der Waals surface area contributed by atoms with Gasteiger partial charge in [0.1, 0.15) is 12.1 Å². The van der Waals surface area contributed by atoms with E-state index < -0.39 is 0 Å². The fourth-order valence-corrected chi connectivity index (χ4v) is 2.37. The van der Waals surface area contributed by atoms with Crippen molar-refractivity contribution in [2.24, 2.45) is 13.0 Å². The lowest BCUT2D eigenvalue weighted by Gasteiger charge is -2.25.